The molecular formula is C20H24N4O4S. The van der Waals surface area contributed by atoms with Crippen molar-refractivity contribution in [1.82, 2.24) is 15.6 Å². The highest BCUT2D eigenvalue weighted by Gasteiger charge is 2.47. The second-order valence-electron chi connectivity index (χ2n) is 6.71. The summed E-state index contributed by atoms with van der Waals surface area (Å²) in [5.41, 5.74) is 0.00538. The van der Waals surface area contributed by atoms with Gasteiger partial charge in [-0.1, -0.05) is 23.4 Å². The van der Waals surface area contributed by atoms with E-state index in [1.165, 1.54) is 11.3 Å². The molecule has 2 amide bonds. The minimum absolute atomic E-state index is 0.0109. The van der Waals surface area contributed by atoms with Crippen LogP contribution < -0.4 is 15.4 Å². The minimum Gasteiger partial charge on any atom is -0.489 e. The first-order valence-electron chi connectivity index (χ1n) is 9.36. The summed E-state index contributed by atoms with van der Waals surface area (Å²) in [7, 11) is 0. The summed E-state index contributed by atoms with van der Waals surface area (Å²) in [4.78, 5) is 35.4. The number of carbonyl (C=O) groups is 2. The maximum absolute atomic E-state index is 12.7. The highest BCUT2D eigenvalue weighted by atomic mass is 32.1. The lowest BCUT2D eigenvalue weighted by Crippen LogP contribution is -2.51. The summed E-state index contributed by atoms with van der Waals surface area (Å²) in [6.07, 6.45) is 0.229. The third-order valence-corrected chi connectivity index (χ3v) is 5.44. The summed E-state index contributed by atoms with van der Waals surface area (Å²) < 4.78 is 5.77. The first-order valence-corrected chi connectivity index (χ1v) is 10.2. The zero-order valence-corrected chi connectivity index (χ0v) is 17.5. The van der Waals surface area contributed by atoms with Gasteiger partial charge < -0.3 is 20.2 Å². The molecule has 1 aliphatic rings. The van der Waals surface area contributed by atoms with Crippen LogP contribution >= 0.6 is 11.3 Å². The van der Waals surface area contributed by atoms with E-state index in [2.05, 4.69) is 20.8 Å². The van der Waals surface area contributed by atoms with E-state index in [0.717, 1.165) is 5.01 Å². The third kappa shape index (κ3) is 4.92. The second kappa shape index (κ2) is 9.04. The predicted molar refractivity (Wildman–Crippen MR) is 110 cm³/mol. The van der Waals surface area contributed by atoms with E-state index < -0.39 is 5.60 Å². The van der Waals surface area contributed by atoms with Gasteiger partial charge >= 0.3 is 0 Å². The number of likely N-dealkylation sites (N-methyl/N-ethyl adjacent to an activating group) is 1. The summed E-state index contributed by atoms with van der Waals surface area (Å²) in [5, 5.41) is 10.5. The van der Waals surface area contributed by atoms with Gasteiger partial charge in [-0.05, 0) is 32.9 Å². The molecule has 1 aliphatic heterocycles. The Bertz CT molecular complexity index is 912. The number of carbonyl (C=O) groups excluding carboxylic acids is 2. The lowest BCUT2D eigenvalue weighted by molar-refractivity contribution is -0.147. The summed E-state index contributed by atoms with van der Waals surface area (Å²) in [6.45, 7) is 6.15. The maximum atomic E-state index is 12.7. The van der Waals surface area contributed by atoms with Crippen LogP contribution in [0.1, 0.15) is 33.7 Å². The number of benzene rings is 1. The molecule has 1 unspecified atom stereocenters. The Morgan fingerprint density at radius 3 is 2.66 bits per heavy atom. The smallest absolute Gasteiger partial charge is 0.271 e. The van der Waals surface area contributed by atoms with Crippen LogP contribution in [0.4, 0.5) is 0 Å². The molecule has 29 heavy (non-hydrogen) atoms. The monoisotopic (exact) mass is 416 g/mol. The number of nitrogens with one attached hydrogen (secondary N) is 2. The Morgan fingerprint density at radius 2 is 2.00 bits per heavy atom. The van der Waals surface area contributed by atoms with Gasteiger partial charge in [-0.3, -0.25) is 9.59 Å². The van der Waals surface area contributed by atoms with E-state index in [-0.39, 0.29) is 31.4 Å². The Morgan fingerprint density at radius 1 is 1.24 bits per heavy atom. The first-order chi connectivity index (χ1) is 13.9. The van der Waals surface area contributed by atoms with Crippen molar-refractivity contribution in [2.24, 2.45) is 5.16 Å². The normalized spacial score (nSPS) is 18.0. The highest BCUT2D eigenvalue weighted by Crippen LogP contribution is 2.26. The Hall–Kier alpha value is -2.94. The highest BCUT2D eigenvalue weighted by molar-refractivity contribution is 7.13. The fourth-order valence-corrected chi connectivity index (χ4v) is 3.78. The van der Waals surface area contributed by atoms with E-state index in [4.69, 9.17) is 9.57 Å². The quantitative estimate of drug-likeness (QED) is 0.687. The molecule has 1 atom stereocenters. The maximum Gasteiger partial charge on any atom is 0.271 e. The summed E-state index contributed by atoms with van der Waals surface area (Å²) >= 11 is 1.34. The molecule has 9 heteroatoms. The van der Waals surface area contributed by atoms with Gasteiger partial charge in [-0.25, -0.2) is 4.98 Å². The molecule has 1 aromatic heterocycles. The van der Waals surface area contributed by atoms with Crippen LogP contribution in [-0.4, -0.2) is 47.8 Å². The van der Waals surface area contributed by atoms with Crippen LogP contribution in [0.15, 0.2) is 35.5 Å². The lowest BCUT2D eigenvalue weighted by Gasteiger charge is -2.25. The van der Waals surface area contributed by atoms with Crippen molar-refractivity contribution in [3.63, 3.8) is 0 Å². The molecule has 154 valence electrons. The van der Waals surface area contributed by atoms with Crippen LogP contribution in [0.5, 0.6) is 5.75 Å². The number of amides is 2. The van der Waals surface area contributed by atoms with Crippen LogP contribution in [0.25, 0.3) is 0 Å². The molecule has 0 fully saturated rings. The number of thiazole rings is 1. The van der Waals surface area contributed by atoms with Crippen molar-refractivity contribution in [1.29, 1.82) is 0 Å². The average molecular weight is 417 g/mol. The molecule has 2 heterocycles. The molecule has 2 N–H and O–H groups in total. The average Bonchev–Trinajstić information content (AvgIpc) is 3.29. The molecule has 1 aromatic carbocycles. The van der Waals surface area contributed by atoms with Gasteiger partial charge in [0, 0.05) is 13.0 Å². The molecule has 8 nitrogen and oxygen atoms in total. The predicted octanol–water partition coefficient (Wildman–Crippen LogP) is 2.22. The molecular weight excluding hydrogens is 392 g/mol. The van der Waals surface area contributed by atoms with Gasteiger partial charge in [-0.15, -0.1) is 11.3 Å². The van der Waals surface area contributed by atoms with Gasteiger partial charge in [0.1, 0.15) is 17.2 Å². The zero-order valence-electron chi connectivity index (χ0n) is 16.7. The van der Waals surface area contributed by atoms with Crippen LogP contribution in [0.2, 0.25) is 0 Å². The van der Waals surface area contributed by atoms with Crippen molar-refractivity contribution in [3.8, 4) is 5.75 Å². The Labute approximate surface area is 173 Å². The van der Waals surface area contributed by atoms with E-state index in [1.54, 1.807) is 6.92 Å². The number of hydrogen-bond acceptors (Lipinski definition) is 7. The number of ether oxygens (including phenoxy) is 1. The third-order valence-electron chi connectivity index (χ3n) is 4.37. The van der Waals surface area contributed by atoms with Crippen LogP contribution in [-0.2, 0) is 9.63 Å². The standard InChI is InChI=1S/C20H24N4O4S/c1-4-21-19(26)20(12-27-16-8-6-5-7-9-16)10-15(24-28-20)11-22-18(25)17-13(2)23-14(3)29-17/h5-9H,4,10-12H2,1-3H3,(H,21,26)(H,22,25). The van der Waals surface area contributed by atoms with Crippen molar-refractivity contribution >= 4 is 28.9 Å². The zero-order chi connectivity index (χ0) is 20.9. The SMILES string of the molecule is CCNC(=O)C1(COc2ccccc2)CC(CNC(=O)c2sc(C)nc2C)=NO1. The van der Waals surface area contributed by atoms with Crippen molar-refractivity contribution in [2.75, 3.05) is 19.7 Å². The van der Waals surface area contributed by atoms with E-state index in [0.29, 0.717) is 28.6 Å². The van der Waals surface area contributed by atoms with E-state index in [1.807, 2.05) is 44.2 Å². The largest absolute Gasteiger partial charge is 0.489 e. The number of oxime groups is 1. The number of para-hydroxylation sites is 1. The molecule has 3 rings (SSSR count). The van der Waals surface area contributed by atoms with Crippen molar-refractivity contribution in [2.45, 2.75) is 32.8 Å². The summed E-state index contributed by atoms with van der Waals surface area (Å²) in [5.74, 6) is 0.124. The Balaban J connectivity index is 1.62. The molecule has 0 saturated heterocycles. The fourth-order valence-electron chi connectivity index (χ4n) is 2.95. The molecule has 0 aliphatic carbocycles. The fraction of sp³-hybridized carbons (Fsp3) is 0.400. The molecule has 0 spiro atoms. The number of hydrogen-bond donors (Lipinski definition) is 2. The number of aromatic nitrogens is 1. The number of aryl methyl sites for hydroxylation is 2. The lowest BCUT2D eigenvalue weighted by atomic mass is 9.97. The van der Waals surface area contributed by atoms with Gasteiger partial charge in [0.15, 0.2) is 0 Å². The van der Waals surface area contributed by atoms with E-state index >= 15 is 0 Å². The van der Waals surface area contributed by atoms with Gasteiger partial charge in [0.05, 0.1) is 23.0 Å². The van der Waals surface area contributed by atoms with Crippen LogP contribution in [0, 0.1) is 13.8 Å². The minimum atomic E-state index is -1.26. The van der Waals surface area contributed by atoms with Gasteiger partial charge in [-0.2, -0.15) is 0 Å². The van der Waals surface area contributed by atoms with Crippen molar-refractivity contribution < 1.29 is 19.2 Å². The molecule has 2 aromatic rings. The Kier molecular flexibility index (Phi) is 6.48. The van der Waals surface area contributed by atoms with Gasteiger partial charge in [0.2, 0.25) is 0 Å². The van der Waals surface area contributed by atoms with E-state index in [9.17, 15) is 9.59 Å². The molecule has 0 saturated carbocycles. The summed E-state index contributed by atoms with van der Waals surface area (Å²) in [6, 6.07) is 9.20. The first kappa shape index (κ1) is 20.8. The number of rotatable bonds is 8. The molecule has 0 bridgehead atoms. The number of nitrogens with zero attached hydrogens (tertiary/aromatic N) is 2. The topological polar surface area (TPSA) is 102 Å². The molecule has 0 radical (unpaired) electrons. The van der Waals surface area contributed by atoms with Gasteiger partial charge in [0.25, 0.3) is 17.4 Å². The second-order valence-corrected chi connectivity index (χ2v) is 7.91. The van der Waals surface area contributed by atoms with Crippen molar-refractivity contribution in [3.05, 3.63) is 45.9 Å². The van der Waals surface area contributed by atoms with Crippen LogP contribution in [0.3, 0.4) is 0 Å².